The van der Waals surface area contributed by atoms with E-state index in [2.05, 4.69) is 17.6 Å². The molecule has 1 heterocycles. The van der Waals surface area contributed by atoms with Crippen molar-refractivity contribution in [1.82, 2.24) is 15.5 Å². The quantitative estimate of drug-likeness (QED) is 0.581. The first-order valence-corrected chi connectivity index (χ1v) is 10.8. The molecule has 2 unspecified atom stereocenters. The molecule has 0 aromatic heterocycles. The van der Waals surface area contributed by atoms with E-state index in [1.54, 1.807) is 6.92 Å². The van der Waals surface area contributed by atoms with Crippen molar-refractivity contribution in [2.75, 3.05) is 6.54 Å². The van der Waals surface area contributed by atoms with Crippen LogP contribution in [0.2, 0.25) is 0 Å². The summed E-state index contributed by atoms with van der Waals surface area (Å²) >= 11 is 0. The van der Waals surface area contributed by atoms with Gasteiger partial charge in [-0.1, -0.05) is 73.7 Å². The molecule has 0 bridgehead atoms. The SMILES string of the molecule is CCc1ccc(C(C)NC(=O)CN2C(=O)NC(C)(c3cccc4ccccc34)C2=O)cc1. The molecule has 4 amide bonds. The largest absolute Gasteiger partial charge is 0.348 e. The van der Waals surface area contributed by atoms with Gasteiger partial charge in [0.2, 0.25) is 5.91 Å². The first kappa shape index (κ1) is 21.6. The molecule has 1 aliphatic rings. The van der Waals surface area contributed by atoms with E-state index < -0.39 is 17.5 Å². The third kappa shape index (κ3) is 3.84. The van der Waals surface area contributed by atoms with Crippen LogP contribution in [0.3, 0.4) is 0 Å². The molecular formula is C26H27N3O3. The Bertz CT molecular complexity index is 1180. The lowest BCUT2D eigenvalue weighted by Gasteiger charge is -2.24. The van der Waals surface area contributed by atoms with Gasteiger partial charge in [0.05, 0.1) is 6.04 Å². The van der Waals surface area contributed by atoms with Gasteiger partial charge in [0.15, 0.2) is 0 Å². The monoisotopic (exact) mass is 429 g/mol. The first-order valence-electron chi connectivity index (χ1n) is 10.8. The van der Waals surface area contributed by atoms with Crippen LogP contribution in [0.1, 0.15) is 43.5 Å². The van der Waals surface area contributed by atoms with Crippen LogP contribution in [0.5, 0.6) is 0 Å². The Labute approximate surface area is 187 Å². The zero-order valence-corrected chi connectivity index (χ0v) is 18.5. The van der Waals surface area contributed by atoms with Crippen LogP contribution in [-0.2, 0) is 21.5 Å². The van der Waals surface area contributed by atoms with Crippen LogP contribution in [-0.4, -0.2) is 29.3 Å². The van der Waals surface area contributed by atoms with Gasteiger partial charge in [-0.2, -0.15) is 0 Å². The number of nitrogens with one attached hydrogen (secondary N) is 2. The van der Waals surface area contributed by atoms with Gasteiger partial charge in [-0.05, 0) is 47.7 Å². The maximum atomic E-state index is 13.3. The Morgan fingerprint density at radius 2 is 1.72 bits per heavy atom. The van der Waals surface area contributed by atoms with Gasteiger partial charge in [0, 0.05) is 0 Å². The second-order valence-corrected chi connectivity index (χ2v) is 8.36. The van der Waals surface area contributed by atoms with E-state index >= 15 is 0 Å². The molecule has 6 nitrogen and oxygen atoms in total. The molecule has 32 heavy (non-hydrogen) atoms. The van der Waals surface area contributed by atoms with Crippen molar-refractivity contribution in [2.45, 2.75) is 38.8 Å². The number of carbonyl (C=O) groups excluding carboxylic acids is 3. The number of urea groups is 1. The van der Waals surface area contributed by atoms with E-state index in [0.29, 0.717) is 5.56 Å². The summed E-state index contributed by atoms with van der Waals surface area (Å²) in [5.74, 6) is -0.823. The summed E-state index contributed by atoms with van der Waals surface area (Å²) in [6, 6.07) is 20.6. The van der Waals surface area contributed by atoms with E-state index in [1.807, 2.05) is 73.7 Å². The summed E-state index contributed by atoms with van der Waals surface area (Å²) in [6.07, 6.45) is 0.947. The number of rotatable bonds is 6. The minimum Gasteiger partial charge on any atom is -0.348 e. The third-order valence-corrected chi connectivity index (χ3v) is 6.17. The van der Waals surface area contributed by atoms with Crippen molar-refractivity contribution >= 4 is 28.6 Å². The summed E-state index contributed by atoms with van der Waals surface area (Å²) in [6.45, 7) is 5.32. The van der Waals surface area contributed by atoms with Gasteiger partial charge in [-0.3, -0.25) is 14.5 Å². The van der Waals surface area contributed by atoms with Crippen LogP contribution in [0.4, 0.5) is 4.79 Å². The van der Waals surface area contributed by atoms with Crippen molar-refractivity contribution in [3.05, 3.63) is 83.4 Å². The van der Waals surface area contributed by atoms with E-state index in [0.717, 1.165) is 27.7 Å². The maximum absolute atomic E-state index is 13.3. The number of hydrogen-bond acceptors (Lipinski definition) is 3. The Kier molecular flexibility index (Phi) is 5.70. The Hall–Kier alpha value is -3.67. The van der Waals surface area contributed by atoms with Gasteiger partial charge >= 0.3 is 6.03 Å². The predicted octanol–water partition coefficient (Wildman–Crippen LogP) is 4.05. The highest BCUT2D eigenvalue weighted by atomic mass is 16.2. The highest BCUT2D eigenvalue weighted by Crippen LogP contribution is 2.33. The second kappa shape index (κ2) is 8.46. The van der Waals surface area contributed by atoms with Gasteiger partial charge in [0.1, 0.15) is 12.1 Å². The molecule has 0 spiro atoms. The second-order valence-electron chi connectivity index (χ2n) is 8.36. The maximum Gasteiger partial charge on any atom is 0.325 e. The van der Waals surface area contributed by atoms with Crippen LogP contribution < -0.4 is 10.6 Å². The zero-order valence-electron chi connectivity index (χ0n) is 18.5. The minimum atomic E-state index is -1.24. The van der Waals surface area contributed by atoms with Crippen molar-refractivity contribution < 1.29 is 14.4 Å². The Balaban J connectivity index is 1.50. The molecular weight excluding hydrogens is 402 g/mol. The molecule has 6 heteroatoms. The molecule has 3 aromatic carbocycles. The molecule has 2 atom stereocenters. The summed E-state index contributed by atoms with van der Waals surface area (Å²) in [4.78, 5) is 39.7. The zero-order chi connectivity index (χ0) is 22.9. The molecule has 164 valence electrons. The molecule has 0 aliphatic carbocycles. The third-order valence-electron chi connectivity index (χ3n) is 6.17. The van der Waals surface area contributed by atoms with Crippen LogP contribution in [0, 0.1) is 0 Å². The van der Waals surface area contributed by atoms with E-state index in [-0.39, 0.29) is 18.5 Å². The van der Waals surface area contributed by atoms with Gasteiger partial charge in [-0.15, -0.1) is 0 Å². The molecule has 0 saturated carbocycles. The van der Waals surface area contributed by atoms with E-state index in [9.17, 15) is 14.4 Å². The van der Waals surface area contributed by atoms with Crippen molar-refractivity contribution in [1.29, 1.82) is 0 Å². The molecule has 1 aliphatic heterocycles. The molecule has 0 radical (unpaired) electrons. The Morgan fingerprint density at radius 3 is 2.44 bits per heavy atom. The summed E-state index contributed by atoms with van der Waals surface area (Å²) in [7, 11) is 0. The average Bonchev–Trinajstić information content (AvgIpc) is 3.02. The van der Waals surface area contributed by atoms with Crippen LogP contribution >= 0.6 is 0 Å². The molecule has 4 rings (SSSR count). The fourth-order valence-electron chi connectivity index (χ4n) is 4.24. The van der Waals surface area contributed by atoms with E-state index in [1.165, 1.54) is 5.56 Å². The highest BCUT2D eigenvalue weighted by molar-refractivity contribution is 6.10. The number of carbonyl (C=O) groups is 3. The number of nitrogens with zero attached hydrogens (tertiary/aromatic N) is 1. The van der Waals surface area contributed by atoms with Crippen molar-refractivity contribution in [2.24, 2.45) is 0 Å². The predicted molar refractivity (Wildman–Crippen MR) is 124 cm³/mol. The smallest absolute Gasteiger partial charge is 0.325 e. The van der Waals surface area contributed by atoms with Crippen molar-refractivity contribution in [3.8, 4) is 0 Å². The fraction of sp³-hybridized carbons (Fsp3) is 0.269. The highest BCUT2D eigenvalue weighted by Gasteiger charge is 2.50. The normalized spacial score (nSPS) is 19.2. The molecule has 3 aromatic rings. The molecule has 2 N–H and O–H groups in total. The van der Waals surface area contributed by atoms with Gasteiger partial charge in [-0.25, -0.2) is 4.79 Å². The fourth-order valence-corrected chi connectivity index (χ4v) is 4.24. The van der Waals surface area contributed by atoms with Gasteiger partial charge < -0.3 is 10.6 Å². The van der Waals surface area contributed by atoms with Gasteiger partial charge in [0.25, 0.3) is 5.91 Å². The summed E-state index contributed by atoms with van der Waals surface area (Å²) in [5, 5.41) is 7.55. The minimum absolute atomic E-state index is 0.237. The summed E-state index contributed by atoms with van der Waals surface area (Å²) < 4.78 is 0. The topological polar surface area (TPSA) is 78.5 Å². The average molecular weight is 430 g/mol. The lowest BCUT2D eigenvalue weighted by Crippen LogP contribution is -2.43. The number of fused-ring (bicyclic) bond motifs is 1. The lowest BCUT2D eigenvalue weighted by atomic mass is 9.88. The van der Waals surface area contributed by atoms with Crippen LogP contribution in [0.15, 0.2) is 66.7 Å². The van der Waals surface area contributed by atoms with Crippen LogP contribution in [0.25, 0.3) is 10.8 Å². The first-order chi connectivity index (χ1) is 15.3. The number of hydrogen-bond donors (Lipinski definition) is 2. The Morgan fingerprint density at radius 1 is 1.03 bits per heavy atom. The summed E-state index contributed by atoms with van der Waals surface area (Å²) in [5.41, 5.74) is 1.66. The number of imide groups is 1. The molecule has 1 fully saturated rings. The standard InChI is InChI=1S/C26H27N3O3/c1-4-18-12-14-19(15-13-18)17(2)27-23(30)16-29-24(31)26(3,28-25(29)32)22-11-7-9-20-8-5-6-10-21(20)22/h5-15,17H,4,16H2,1-3H3,(H,27,30)(H,28,32). The van der Waals surface area contributed by atoms with E-state index in [4.69, 9.17) is 0 Å². The lowest BCUT2D eigenvalue weighted by molar-refractivity contribution is -0.135. The number of benzene rings is 3. The number of amides is 4. The molecule has 1 saturated heterocycles. The van der Waals surface area contributed by atoms with Crippen molar-refractivity contribution in [3.63, 3.8) is 0 Å². The number of aryl methyl sites for hydroxylation is 1.